The zero-order valence-electron chi connectivity index (χ0n) is 10.4. The molecule has 2 aromatic rings. The lowest BCUT2D eigenvalue weighted by Gasteiger charge is -2.08. The van der Waals surface area contributed by atoms with Crippen LogP contribution in [0.4, 0.5) is 0 Å². The number of rotatable bonds is 3. The number of aromatic carboxylic acids is 1. The summed E-state index contributed by atoms with van der Waals surface area (Å²) in [6, 6.07) is 7.03. The first kappa shape index (κ1) is 12.8. The average molecular weight is 260 g/mol. The lowest BCUT2D eigenvalue weighted by atomic mass is 10.1. The van der Waals surface area contributed by atoms with Gasteiger partial charge in [0, 0.05) is 0 Å². The Morgan fingerprint density at radius 1 is 1.37 bits per heavy atom. The Kier molecular flexibility index (Phi) is 3.33. The quantitative estimate of drug-likeness (QED) is 0.871. The standard InChI is InChI=1S/C13H12N2O4/c1-7-10(13(17)18)12(16)15-11(14-7)8-5-3-4-6-9(8)19-2/h3-6H,1-2H3,(H,17,18)(H,14,15,16). The summed E-state index contributed by atoms with van der Waals surface area (Å²) < 4.78 is 5.18. The van der Waals surface area contributed by atoms with Crippen LogP contribution in [0.1, 0.15) is 16.1 Å². The van der Waals surface area contributed by atoms with E-state index in [1.807, 2.05) is 0 Å². The van der Waals surface area contributed by atoms with Crippen molar-refractivity contribution in [3.8, 4) is 17.1 Å². The normalized spacial score (nSPS) is 10.2. The van der Waals surface area contributed by atoms with E-state index in [0.29, 0.717) is 11.3 Å². The van der Waals surface area contributed by atoms with Crippen molar-refractivity contribution in [3.05, 3.63) is 45.9 Å². The first-order valence-electron chi connectivity index (χ1n) is 5.52. The van der Waals surface area contributed by atoms with Crippen molar-refractivity contribution >= 4 is 5.97 Å². The molecule has 0 aliphatic heterocycles. The van der Waals surface area contributed by atoms with E-state index in [0.717, 1.165) is 0 Å². The average Bonchev–Trinajstić information content (AvgIpc) is 2.37. The second-order valence-corrected chi connectivity index (χ2v) is 3.88. The van der Waals surface area contributed by atoms with E-state index < -0.39 is 11.5 Å². The van der Waals surface area contributed by atoms with Crippen molar-refractivity contribution in [3.63, 3.8) is 0 Å². The van der Waals surface area contributed by atoms with Crippen molar-refractivity contribution in [2.24, 2.45) is 0 Å². The number of nitrogens with zero attached hydrogens (tertiary/aromatic N) is 1. The molecule has 0 aliphatic carbocycles. The van der Waals surface area contributed by atoms with Gasteiger partial charge >= 0.3 is 5.97 Å². The molecule has 6 heteroatoms. The number of aromatic nitrogens is 2. The second kappa shape index (κ2) is 4.93. The number of methoxy groups -OCH3 is 1. The minimum absolute atomic E-state index is 0.164. The summed E-state index contributed by atoms with van der Waals surface area (Å²) in [7, 11) is 1.51. The number of para-hydroxylation sites is 1. The van der Waals surface area contributed by atoms with Gasteiger partial charge in [0.1, 0.15) is 17.1 Å². The zero-order chi connectivity index (χ0) is 14.0. The van der Waals surface area contributed by atoms with Gasteiger partial charge in [-0.15, -0.1) is 0 Å². The Morgan fingerprint density at radius 2 is 2.05 bits per heavy atom. The van der Waals surface area contributed by atoms with Gasteiger partial charge in [0.25, 0.3) is 5.56 Å². The Labute approximate surface area is 108 Å². The fourth-order valence-corrected chi connectivity index (χ4v) is 1.81. The molecule has 0 radical (unpaired) electrons. The molecule has 0 aliphatic rings. The van der Waals surface area contributed by atoms with Crippen LogP contribution in [0.2, 0.25) is 0 Å². The molecule has 98 valence electrons. The molecule has 0 atom stereocenters. The molecule has 1 aromatic carbocycles. The molecular formula is C13H12N2O4. The summed E-state index contributed by atoms with van der Waals surface area (Å²) in [6.07, 6.45) is 0. The number of carboxylic acid groups (broad SMARTS) is 1. The largest absolute Gasteiger partial charge is 0.496 e. The smallest absolute Gasteiger partial charge is 0.343 e. The van der Waals surface area contributed by atoms with Gasteiger partial charge < -0.3 is 14.8 Å². The molecule has 0 fully saturated rings. The topological polar surface area (TPSA) is 92.3 Å². The Hall–Kier alpha value is -2.63. The number of aryl methyl sites for hydroxylation is 1. The number of H-pyrrole nitrogens is 1. The third-order valence-corrected chi connectivity index (χ3v) is 2.68. The van der Waals surface area contributed by atoms with Crippen LogP contribution in [0.5, 0.6) is 5.75 Å². The summed E-state index contributed by atoms with van der Waals surface area (Å²) in [6.45, 7) is 1.48. The molecule has 0 saturated heterocycles. The lowest BCUT2D eigenvalue weighted by molar-refractivity contribution is 0.0693. The molecular weight excluding hydrogens is 248 g/mol. The fourth-order valence-electron chi connectivity index (χ4n) is 1.81. The summed E-state index contributed by atoms with van der Waals surface area (Å²) in [5.41, 5.74) is -0.265. The maximum absolute atomic E-state index is 11.8. The molecule has 6 nitrogen and oxygen atoms in total. The Morgan fingerprint density at radius 3 is 2.63 bits per heavy atom. The van der Waals surface area contributed by atoms with Crippen LogP contribution in [-0.2, 0) is 0 Å². The van der Waals surface area contributed by atoms with E-state index in [1.54, 1.807) is 24.3 Å². The van der Waals surface area contributed by atoms with Crippen LogP contribution in [0.25, 0.3) is 11.4 Å². The van der Waals surface area contributed by atoms with Gasteiger partial charge in [-0.1, -0.05) is 12.1 Å². The molecule has 1 aromatic heterocycles. The number of carboxylic acids is 1. The van der Waals surface area contributed by atoms with Gasteiger partial charge in [-0.3, -0.25) is 4.79 Å². The number of hydrogen-bond acceptors (Lipinski definition) is 4. The van der Waals surface area contributed by atoms with Crippen LogP contribution in [0.3, 0.4) is 0 Å². The van der Waals surface area contributed by atoms with Crippen LogP contribution in [0.15, 0.2) is 29.1 Å². The molecule has 1 heterocycles. The van der Waals surface area contributed by atoms with Crippen LogP contribution >= 0.6 is 0 Å². The van der Waals surface area contributed by atoms with E-state index in [2.05, 4.69) is 9.97 Å². The van der Waals surface area contributed by atoms with Crippen LogP contribution < -0.4 is 10.3 Å². The third-order valence-electron chi connectivity index (χ3n) is 2.68. The first-order valence-corrected chi connectivity index (χ1v) is 5.52. The number of nitrogens with one attached hydrogen (secondary N) is 1. The number of benzene rings is 1. The highest BCUT2D eigenvalue weighted by Crippen LogP contribution is 2.26. The molecule has 2 rings (SSSR count). The van der Waals surface area contributed by atoms with Crippen LogP contribution in [-0.4, -0.2) is 28.2 Å². The van der Waals surface area contributed by atoms with Crippen molar-refractivity contribution < 1.29 is 14.6 Å². The van der Waals surface area contributed by atoms with Crippen LogP contribution in [0, 0.1) is 6.92 Å². The van der Waals surface area contributed by atoms with Gasteiger partial charge in [0.05, 0.1) is 18.4 Å². The predicted octanol–water partition coefficient (Wildman–Crippen LogP) is 1.45. The van der Waals surface area contributed by atoms with Gasteiger partial charge in [-0.25, -0.2) is 9.78 Å². The minimum atomic E-state index is -1.29. The minimum Gasteiger partial charge on any atom is -0.496 e. The summed E-state index contributed by atoms with van der Waals surface area (Å²) >= 11 is 0. The number of carbonyl (C=O) groups is 1. The van der Waals surface area contributed by atoms with E-state index >= 15 is 0 Å². The first-order chi connectivity index (χ1) is 9.04. The van der Waals surface area contributed by atoms with E-state index in [4.69, 9.17) is 9.84 Å². The number of ether oxygens (including phenoxy) is 1. The Bertz CT molecular complexity index is 691. The SMILES string of the molecule is COc1ccccc1-c1nc(C)c(C(=O)O)c(=O)[nH]1. The predicted molar refractivity (Wildman–Crippen MR) is 68.5 cm³/mol. The molecule has 0 amide bonds. The van der Waals surface area contributed by atoms with Gasteiger partial charge in [0.2, 0.25) is 0 Å². The zero-order valence-corrected chi connectivity index (χ0v) is 10.4. The highest BCUT2D eigenvalue weighted by atomic mass is 16.5. The number of hydrogen-bond donors (Lipinski definition) is 2. The maximum Gasteiger partial charge on any atom is 0.343 e. The molecule has 19 heavy (non-hydrogen) atoms. The highest BCUT2D eigenvalue weighted by molar-refractivity contribution is 5.88. The molecule has 2 N–H and O–H groups in total. The molecule has 0 spiro atoms. The second-order valence-electron chi connectivity index (χ2n) is 3.88. The molecule has 0 unspecified atom stereocenters. The van der Waals surface area contributed by atoms with E-state index in [1.165, 1.54) is 14.0 Å². The summed E-state index contributed by atoms with van der Waals surface area (Å²) in [5.74, 6) is -0.462. The van der Waals surface area contributed by atoms with Crippen molar-refractivity contribution in [2.75, 3.05) is 7.11 Å². The molecule has 0 saturated carbocycles. The fraction of sp³-hybridized carbons (Fsp3) is 0.154. The van der Waals surface area contributed by atoms with Crippen molar-refractivity contribution in [1.82, 2.24) is 9.97 Å². The maximum atomic E-state index is 11.8. The van der Waals surface area contributed by atoms with Crippen molar-refractivity contribution in [1.29, 1.82) is 0 Å². The number of aromatic amines is 1. The van der Waals surface area contributed by atoms with E-state index in [-0.39, 0.29) is 17.1 Å². The van der Waals surface area contributed by atoms with Gasteiger partial charge in [-0.05, 0) is 19.1 Å². The monoisotopic (exact) mass is 260 g/mol. The van der Waals surface area contributed by atoms with Crippen molar-refractivity contribution in [2.45, 2.75) is 6.92 Å². The van der Waals surface area contributed by atoms with Gasteiger partial charge in [0.15, 0.2) is 0 Å². The third kappa shape index (κ3) is 2.33. The summed E-state index contributed by atoms with van der Waals surface area (Å²) in [4.78, 5) is 29.3. The van der Waals surface area contributed by atoms with E-state index in [9.17, 15) is 9.59 Å². The van der Waals surface area contributed by atoms with Gasteiger partial charge in [-0.2, -0.15) is 0 Å². The lowest BCUT2D eigenvalue weighted by Crippen LogP contribution is -2.21. The highest BCUT2D eigenvalue weighted by Gasteiger charge is 2.16. The molecule has 0 bridgehead atoms. The Balaban J connectivity index is 2.65. The summed E-state index contributed by atoms with van der Waals surface area (Å²) in [5, 5.41) is 8.92.